The first-order valence-corrected chi connectivity index (χ1v) is 5.16. The molecule has 2 atom stereocenters. The predicted molar refractivity (Wildman–Crippen MR) is 53.4 cm³/mol. The van der Waals surface area contributed by atoms with Crippen LogP contribution in [0.4, 0.5) is 0 Å². The average molecular weight is 170 g/mol. The number of likely N-dealkylation sites (N-methyl/N-ethyl adjacent to an activating group) is 1. The van der Waals surface area contributed by atoms with E-state index in [1.165, 1.54) is 13.0 Å². The number of likely N-dealkylation sites (tertiary alicyclic amines) is 1. The lowest BCUT2D eigenvalue weighted by atomic mass is 10.1. The molecule has 1 saturated heterocycles. The van der Waals surface area contributed by atoms with E-state index >= 15 is 0 Å². The minimum atomic E-state index is 0.698. The first kappa shape index (κ1) is 10.0. The second-order valence-electron chi connectivity index (χ2n) is 4.03. The summed E-state index contributed by atoms with van der Waals surface area (Å²) in [4.78, 5) is 2.58. The maximum absolute atomic E-state index is 3.54. The monoisotopic (exact) mass is 170 g/mol. The van der Waals surface area contributed by atoms with Crippen LogP contribution >= 0.6 is 0 Å². The molecule has 0 aromatic rings. The van der Waals surface area contributed by atoms with Crippen molar-refractivity contribution in [3.05, 3.63) is 0 Å². The standard InChI is InChI=1S/C10H22N2/c1-5-11-10-6-7-12(8(2)3)9(10)4/h8-11H,5-7H2,1-4H3. The summed E-state index contributed by atoms with van der Waals surface area (Å²) in [5, 5.41) is 3.54. The Kier molecular flexibility index (Phi) is 3.53. The number of rotatable bonds is 3. The second-order valence-corrected chi connectivity index (χ2v) is 4.03. The third-order valence-electron chi connectivity index (χ3n) is 2.93. The van der Waals surface area contributed by atoms with Crippen LogP contribution in [-0.4, -0.2) is 36.1 Å². The fourth-order valence-corrected chi connectivity index (χ4v) is 2.23. The molecule has 1 fully saturated rings. The minimum Gasteiger partial charge on any atom is -0.313 e. The molecule has 0 spiro atoms. The van der Waals surface area contributed by atoms with Gasteiger partial charge in [-0.3, -0.25) is 4.90 Å². The summed E-state index contributed by atoms with van der Waals surface area (Å²) in [6, 6.07) is 2.13. The average Bonchev–Trinajstić information content (AvgIpc) is 2.34. The second kappa shape index (κ2) is 4.24. The lowest BCUT2D eigenvalue weighted by molar-refractivity contribution is 0.203. The van der Waals surface area contributed by atoms with Crippen molar-refractivity contribution in [1.29, 1.82) is 0 Å². The van der Waals surface area contributed by atoms with Crippen molar-refractivity contribution >= 4 is 0 Å². The normalized spacial score (nSPS) is 31.8. The van der Waals surface area contributed by atoms with Gasteiger partial charge in [0.25, 0.3) is 0 Å². The Morgan fingerprint density at radius 3 is 2.58 bits per heavy atom. The van der Waals surface area contributed by atoms with E-state index in [-0.39, 0.29) is 0 Å². The fourth-order valence-electron chi connectivity index (χ4n) is 2.23. The highest BCUT2D eigenvalue weighted by atomic mass is 15.2. The topological polar surface area (TPSA) is 15.3 Å². The van der Waals surface area contributed by atoms with Gasteiger partial charge in [0.1, 0.15) is 0 Å². The Balaban J connectivity index is 2.43. The number of nitrogens with zero attached hydrogens (tertiary/aromatic N) is 1. The first-order valence-electron chi connectivity index (χ1n) is 5.16. The molecule has 0 radical (unpaired) electrons. The molecule has 0 aromatic heterocycles. The molecule has 2 nitrogen and oxygen atoms in total. The van der Waals surface area contributed by atoms with Gasteiger partial charge in [-0.1, -0.05) is 6.92 Å². The summed E-state index contributed by atoms with van der Waals surface area (Å²) in [6.07, 6.45) is 1.31. The van der Waals surface area contributed by atoms with E-state index in [1.54, 1.807) is 0 Å². The molecule has 0 aromatic carbocycles. The van der Waals surface area contributed by atoms with Crippen LogP contribution in [0.1, 0.15) is 34.1 Å². The van der Waals surface area contributed by atoms with Crippen molar-refractivity contribution in [2.75, 3.05) is 13.1 Å². The van der Waals surface area contributed by atoms with Gasteiger partial charge >= 0.3 is 0 Å². The molecule has 1 N–H and O–H groups in total. The van der Waals surface area contributed by atoms with Gasteiger partial charge in [0.2, 0.25) is 0 Å². The van der Waals surface area contributed by atoms with Crippen LogP contribution in [0, 0.1) is 0 Å². The summed E-state index contributed by atoms with van der Waals surface area (Å²) >= 11 is 0. The van der Waals surface area contributed by atoms with E-state index in [2.05, 4.69) is 37.9 Å². The quantitative estimate of drug-likeness (QED) is 0.690. The molecular formula is C10H22N2. The van der Waals surface area contributed by atoms with Gasteiger partial charge in [0, 0.05) is 24.7 Å². The zero-order valence-corrected chi connectivity index (χ0v) is 8.80. The maximum Gasteiger partial charge on any atom is 0.0232 e. The summed E-state index contributed by atoms with van der Waals surface area (Å²) in [7, 11) is 0. The van der Waals surface area contributed by atoms with Crippen LogP contribution in [0.15, 0.2) is 0 Å². The minimum absolute atomic E-state index is 0.698. The molecule has 2 heteroatoms. The zero-order valence-electron chi connectivity index (χ0n) is 8.80. The maximum atomic E-state index is 3.54. The van der Waals surface area contributed by atoms with Crippen LogP contribution in [-0.2, 0) is 0 Å². The van der Waals surface area contributed by atoms with Gasteiger partial charge in [0.15, 0.2) is 0 Å². The van der Waals surface area contributed by atoms with Crippen molar-refractivity contribution < 1.29 is 0 Å². The summed E-state index contributed by atoms with van der Waals surface area (Å²) < 4.78 is 0. The van der Waals surface area contributed by atoms with E-state index in [9.17, 15) is 0 Å². The largest absolute Gasteiger partial charge is 0.313 e. The lowest BCUT2D eigenvalue weighted by Crippen LogP contribution is -2.42. The van der Waals surface area contributed by atoms with Gasteiger partial charge < -0.3 is 5.32 Å². The SMILES string of the molecule is CCNC1CCN(C(C)C)C1C. The Bertz CT molecular complexity index is 134. The molecule has 1 aliphatic rings. The van der Waals surface area contributed by atoms with Gasteiger partial charge in [-0.25, -0.2) is 0 Å². The van der Waals surface area contributed by atoms with E-state index in [4.69, 9.17) is 0 Å². The molecule has 1 heterocycles. The summed E-state index contributed by atoms with van der Waals surface area (Å²) in [5.74, 6) is 0. The Hall–Kier alpha value is -0.0800. The lowest BCUT2D eigenvalue weighted by Gasteiger charge is -2.28. The Labute approximate surface area is 76.3 Å². The molecule has 0 aliphatic carbocycles. The Morgan fingerprint density at radius 2 is 2.17 bits per heavy atom. The van der Waals surface area contributed by atoms with Gasteiger partial charge in [-0.05, 0) is 33.7 Å². The smallest absolute Gasteiger partial charge is 0.0232 e. The van der Waals surface area contributed by atoms with E-state index < -0.39 is 0 Å². The van der Waals surface area contributed by atoms with Crippen LogP contribution in [0.3, 0.4) is 0 Å². The molecule has 12 heavy (non-hydrogen) atoms. The van der Waals surface area contributed by atoms with Crippen LogP contribution in [0.2, 0.25) is 0 Å². The van der Waals surface area contributed by atoms with E-state index in [1.807, 2.05) is 0 Å². The highest BCUT2D eigenvalue weighted by molar-refractivity contribution is 4.89. The van der Waals surface area contributed by atoms with Gasteiger partial charge in [-0.2, -0.15) is 0 Å². The van der Waals surface area contributed by atoms with Crippen molar-refractivity contribution in [2.24, 2.45) is 0 Å². The van der Waals surface area contributed by atoms with Crippen LogP contribution in [0.25, 0.3) is 0 Å². The van der Waals surface area contributed by atoms with Crippen molar-refractivity contribution in [3.8, 4) is 0 Å². The summed E-state index contributed by atoms with van der Waals surface area (Å²) in [5.41, 5.74) is 0. The van der Waals surface area contributed by atoms with Gasteiger partial charge in [0.05, 0.1) is 0 Å². The molecule has 0 bridgehead atoms. The predicted octanol–water partition coefficient (Wildman–Crippen LogP) is 1.47. The molecule has 1 aliphatic heterocycles. The van der Waals surface area contributed by atoms with Crippen LogP contribution in [0.5, 0.6) is 0 Å². The number of hydrogen-bond acceptors (Lipinski definition) is 2. The number of hydrogen-bond donors (Lipinski definition) is 1. The first-order chi connectivity index (χ1) is 5.66. The third-order valence-corrected chi connectivity index (χ3v) is 2.93. The molecule has 0 amide bonds. The van der Waals surface area contributed by atoms with Crippen molar-refractivity contribution in [2.45, 2.75) is 52.2 Å². The van der Waals surface area contributed by atoms with Crippen LogP contribution < -0.4 is 5.32 Å². The highest BCUT2D eigenvalue weighted by Crippen LogP contribution is 2.19. The molecule has 0 saturated carbocycles. The zero-order chi connectivity index (χ0) is 9.14. The highest BCUT2D eigenvalue weighted by Gasteiger charge is 2.30. The van der Waals surface area contributed by atoms with Crippen molar-refractivity contribution in [3.63, 3.8) is 0 Å². The molecule has 2 unspecified atom stereocenters. The fraction of sp³-hybridized carbons (Fsp3) is 1.00. The molecule has 72 valence electrons. The van der Waals surface area contributed by atoms with Gasteiger partial charge in [-0.15, -0.1) is 0 Å². The molecular weight excluding hydrogens is 148 g/mol. The Morgan fingerprint density at radius 1 is 1.50 bits per heavy atom. The van der Waals surface area contributed by atoms with E-state index in [0.29, 0.717) is 12.1 Å². The summed E-state index contributed by atoms with van der Waals surface area (Å²) in [6.45, 7) is 11.4. The molecule has 1 rings (SSSR count). The third kappa shape index (κ3) is 1.99. The van der Waals surface area contributed by atoms with Crippen molar-refractivity contribution in [1.82, 2.24) is 10.2 Å². The number of nitrogens with one attached hydrogen (secondary N) is 1. The van der Waals surface area contributed by atoms with E-state index in [0.717, 1.165) is 12.6 Å².